The first kappa shape index (κ1) is 12.8. The third-order valence-corrected chi connectivity index (χ3v) is 2.44. The maximum Gasteiger partial charge on any atom is 0.335 e. The average Bonchev–Trinajstić information content (AvgIpc) is 2.30. The molecule has 0 spiro atoms. The highest BCUT2D eigenvalue weighted by molar-refractivity contribution is 5.91. The van der Waals surface area contributed by atoms with Gasteiger partial charge in [0, 0.05) is 11.8 Å². The second-order valence-electron chi connectivity index (χ2n) is 3.89. The highest BCUT2D eigenvalue weighted by Crippen LogP contribution is 2.25. The Hall–Kier alpha value is -2.63. The number of nitrogens with two attached hydrogens (primary N) is 1. The van der Waals surface area contributed by atoms with Crippen LogP contribution in [0.1, 0.15) is 10.4 Å². The maximum absolute atomic E-state index is 13.0. The number of nitrogen functional groups attached to an aromatic ring is 1. The maximum atomic E-state index is 13.0. The molecular formula is C13H10F2N2O2. The molecule has 0 bridgehead atoms. The second-order valence-corrected chi connectivity index (χ2v) is 3.89. The summed E-state index contributed by atoms with van der Waals surface area (Å²) in [5, 5.41) is 11.5. The number of rotatable bonds is 3. The number of benzene rings is 2. The molecule has 0 amide bonds. The van der Waals surface area contributed by atoms with Crippen LogP contribution in [0.25, 0.3) is 0 Å². The lowest BCUT2D eigenvalue weighted by Crippen LogP contribution is -2.02. The average molecular weight is 264 g/mol. The standard InChI is InChI=1S/C13H10F2N2O2/c14-8-4-9(15)6-10(5-8)17-12-3-7(13(18)19)1-2-11(12)16/h1-6,17H,16H2,(H,18,19). The number of anilines is 3. The molecule has 0 heterocycles. The zero-order chi connectivity index (χ0) is 14.0. The topological polar surface area (TPSA) is 75.4 Å². The minimum atomic E-state index is -1.12. The predicted octanol–water partition coefficient (Wildman–Crippen LogP) is 2.99. The Kier molecular flexibility index (Phi) is 3.33. The normalized spacial score (nSPS) is 10.2. The van der Waals surface area contributed by atoms with Gasteiger partial charge < -0.3 is 16.2 Å². The number of hydrogen-bond acceptors (Lipinski definition) is 3. The summed E-state index contributed by atoms with van der Waals surface area (Å²) in [5.41, 5.74) is 6.38. The van der Waals surface area contributed by atoms with E-state index < -0.39 is 17.6 Å². The molecule has 2 aromatic carbocycles. The first-order valence-electron chi connectivity index (χ1n) is 5.31. The van der Waals surface area contributed by atoms with Gasteiger partial charge in [-0.3, -0.25) is 0 Å². The summed E-state index contributed by atoms with van der Waals surface area (Å²) in [6.07, 6.45) is 0. The molecule has 4 N–H and O–H groups in total. The molecule has 4 nitrogen and oxygen atoms in total. The minimum Gasteiger partial charge on any atom is -0.478 e. The van der Waals surface area contributed by atoms with Crippen molar-refractivity contribution in [1.29, 1.82) is 0 Å². The van der Waals surface area contributed by atoms with Crippen LogP contribution in [0.3, 0.4) is 0 Å². The van der Waals surface area contributed by atoms with Crippen LogP contribution < -0.4 is 11.1 Å². The van der Waals surface area contributed by atoms with E-state index in [0.29, 0.717) is 0 Å². The zero-order valence-electron chi connectivity index (χ0n) is 9.65. The van der Waals surface area contributed by atoms with Crippen molar-refractivity contribution in [3.63, 3.8) is 0 Å². The molecule has 0 saturated heterocycles. The monoisotopic (exact) mass is 264 g/mol. The molecule has 98 valence electrons. The van der Waals surface area contributed by atoms with E-state index in [4.69, 9.17) is 10.8 Å². The van der Waals surface area contributed by atoms with Crippen molar-refractivity contribution >= 4 is 23.0 Å². The zero-order valence-corrected chi connectivity index (χ0v) is 9.65. The van der Waals surface area contributed by atoms with Gasteiger partial charge in [-0.15, -0.1) is 0 Å². The SMILES string of the molecule is Nc1ccc(C(=O)O)cc1Nc1cc(F)cc(F)c1. The molecule has 0 saturated carbocycles. The van der Waals surface area contributed by atoms with Gasteiger partial charge >= 0.3 is 5.97 Å². The molecule has 0 aliphatic heterocycles. The van der Waals surface area contributed by atoms with Gasteiger partial charge in [0.1, 0.15) is 11.6 Å². The highest BCUT2D eigenvalue weighted by atomic mass is 19.1. The van der Waals surface area contributed by atoms with E-state index in [1.807, 2.05) is 0 Å². The fraction of sp³-hybridized carbons (Fsp3) is 0. The largest absolute Gasteiger partial charge is 0.478 e. The third-order valence-electron chi connectivity index (χ3n) is 2.44. The van der Waals surface area contributed by atoms with Crippen molar-refractivity contribution in [2.75, 3.05) is 11.1 Å². The van der Waals surface area contributed by atoms with E-state index in [0.717, 1.165) is 18.2 Å². The number of nitrogens with one attached hydrogen (secondary N) is 1. The summed E-state index contributed by atoms with van der Waals surface area (Å²) in [5.74, 6) is -2.60. The predicted molar refractivity (Wildman–Crippen MR) is 67.5 cm³/mol. The van der Waals surface area contributed by atoms with Gasteiger partial charge in [-0.1, -0.05) is 0 Å². The molecule has 2 rings (SSSR count). The fourth-order valence-electron chi connectivity index (χ4n) is 1.58. The summed E-state index contributed by atoms with van der Waals surface area (Å²) in [4.78, 5) is 10.8. The van der Waals surface area contributed by atoms with Crippen LogP contribution >= 0.6 is 0 Å². The number of carboxylic acids is 1. The van der Waals surface area contributed by atoms with Gasteiger partial charge in [-0.2, -0.15) is 0 Å². The Labute approximate surface area is 107 Å². The summed E-state index contributed by atoms with van der Waals surface area (Å²) >= 11 is 0. The van der Waals surface area contributed by atoms with E-state index in [2.05, 4.69) is 5.32 Å². The van der Waals surface area contributed by atoms with E-state index in [9.17, 15) is 13.6 Å². The second kappa shape index (κ2) is 4.93. The van der Waals surface area contributed by atoms with E-state index >= 15 is 0 Å². The van der Waals surface area contributed by atoms with E-state index in [1.165, 1.54) is 18.2 Å². The fourth-order valence-corrected chi connectivity index (χ4v) is 1.58. The van der Waals surface area contributed by atoms with Gasteiger partial charge in [0.25, 0.3) is 0 Å². The van der Waals surface area contributed by atoms with Crippen molar-refractivity contribution in [3.05, 3.63) is 53.6 Å². The van der Waals surface area contributed by atoms with Gasteiger partial charge in [-0.05, 0) is 30.3 Å². The molecule has 0 atom stereocenters. The lowest BCUT2D eigenvalue weighted by Gasteiger charge is -2.10. The van der Waals surface area contributed by atoms with Crippen molar-refractivity contribution in [2.45, 2.75) is 0 Å². The van der Waals surface area contributed by atoms with Crippen LogP contribution in [0.15, 0.2) is 36.4 Å². The quantitative estimate of drug-likeness (QED) is 0.745. The molecule has 0 fully saturated rings. The Balaban J connectivity index is 2.37. The summed E-state index contributed by atoms with van der Waals surface area (Å²) in [6, 6.07) is 6.94. The van der Waals surface area contributed by atoms with Crippen LogP contribution in [0.2, 0.25) is 0 Å². The highest BCUT2D eigenvalue weighted by Gasteiger charge is 2.08. The van der Waals surface area contributed by atoms with Crippen molar-refractivity contribution in [1.82, 2.24) is 0 Å². The Bertz CT molecular complexity index is 624. The van der Waals surface area contributed by atoms with Gasteiger partial charge in [0.15, 0.2) is 0 Å². The molecule has 0 aliphatic carbocycles. The summed E-state index contributed by atoms with van der Waals surface area (Å²) in [7, 11) is 0. The van der Waals surface area contributed by atoms with Crippen LogP contribution in [-0.2, 0) is 0 Å². The summed E-state index contributed by atoms with van der Waals surface area (Å²) < 4.78 is 26.1. The lowest BCUT2D eigenvalue weighted by atomic mass is 10.1. The van der Waals surface area contributed by atoms with Gasteiger partial charge in [0.05, 0.1) is 16.9 Å². The van der Waals surface area contributed by atoms with Gasteiger partial charge in [0.2, 0.25) is 0 Å². The molecule has 0 radical (unpaired) electrons. The smallest absolute Gasteiger partial charge is 0.335 e. The first-order valence-corrected chi connectivity index (χ1v) is 5.31. The lowest BCUT2D eigenvalue weighted by molar-refractivity contribution is 0.0697. The molecule has 19 heavy (non-hydrogen) atoms. The summed E-state index contributed by atoms with van der Waals surface area (Å²) in [6.45, 7) is 0. The van der Waals surface area contributed by atoms with Crippen LogP contribution in [0.5, 0.6) is 0 Å². The van der Waals surface area contributed by atoms with Gasteiger partial charge in [-0.25, -0.2) is 13.6 Å². The minimum absolute atomic E-state index is 0.0218. The number of halogens is 2. The number of aromatic carboxylic acids is 1. The molecule has 0 aromatic heterocycles. The van der Waals surface area contributed by atoms with E-state index in [1.54, 1.807) is 0 Å². The Morgan fingerprint density at radius 3 is 2.32 bits per heavy atom. The van der Waals surface area contributed by atoms with Crippen molar-refractivity contribution in [2.24, 2.45) is 0 Å². The number of carbonyl (C=O) groups is 1. The molecule has 2 aromatic rings. The molecule has 0 aliphatic rings. The first-order chi connectivity index (χ1) is 8.95. The van der Waals surface area contributed by atoms with Crippen LogP contribution in [0, 0.1) is 11.6 Å². The Morgan fingerprint density at radius 1 is 1.11 bits per heavy atom. The Morgan fingerprint density at radius 2 is 1.74 bits per heavy atom. The molecule has 0 unspecified atom stereocenters. The number of hydrogen-bond donors (Lipinski definition) is 3. The van der Waals surface area contributed by atoms with Crippen molar-refractivity contribution in [3.8, 4) is 0 Å². The molecular weight excluding hydrogens is 254 g/mol. The van der Waals surface area contributed by atoms with Crippen LogP contribution in [0.4, 0.5) is 25.8 Å². The number of carboxylic acid groups (broad SMARTS) is 1. The van der Waals surface area contributed by atoms with E-state index in [-0.39, 0.29) is 22.6 Å². The van der Waals surface area contributed by atoms with Crippen LogP contribution in [-0.4, -0.2) is 11.1 Å². The third kappa shape index (κ3) is 2.98. The molecule has 6 heteroatoms. The van der Waals surface area contributed by atoms with Crippen molar-refractivity contribution < 1.29 is 18.7 Å².